The summed E-state index contributed by atoms with van der Waals surface area (Å²) in [5.74, 6) is 0.192. The highest BCUT2D eigenvalue weighted by molar-refractivity contribution is 14.1. The fourth-order valence-electron chi connectivity index (χ4n) is 3.24. The number of piperidine rings is 1. The van der Waals surface area contributed by atoms with Crippen LogP contribution in [-0.2, 0) is 0 Å². The quantitative estimate of drug-likeness (QED) is 0.410. The number of benzene rings is 1. The van der Waals surface area contributed by atoms with Gasteiger partial charge >= 0.3 is 0 Å². The summed E-state index contributed by atoms with van der Waals surface area (Å²) < 4.78 is 2.00. The van der Waals surface area contributed by atoms with Crippen LogP contribution >= 0.6 is 54.5 Å². The van der Waals surface area contributed by atoms with Crippen LogP contribution in [0.3, 0.4) is 0 Å². The molecule has 2 heterocycles. The van der Waals surface area contributed by atoms with E-state index in [-0.39, 0.29) is 5.91 Å². The van der Waals surface area contributed by atoms with Crippen molar-refractivity contribution < 1.29 is 4.79 Å². The number of halogens is 3. The van der Waals surface area contributed by atoms with Crippen LogP contribution in [0.25, 0.3) is 0 Å². The topological polar surface area (TPSA) is 20.3 Å². The zero-order chi connectivity index (χ0) is 13.6. The molecule has 5 heteroatoms. The summed E-state index contributed by atoms with van der Waals surface area (Å²) >= 11 is 9.49. The second-order valence-electron chi connectivity index (χ2n) is 5.29. The van der Waals surface area contributed by atoms with Crippen LogP contribution in [0.4, 0.5) is 0 Å². The van der Waals surface area contributed by atoms with Gasteiger partial charge in [0.1, 0.15) is 0 Å². The molecule has 1 aromatic carbocycles. The van der Waals surface area contributed by atoms with E-state index < -0.39 is 0 Å². The van der Waals surface area contributed by atoms with Crippen molar-refractivity contribution >= 4 is 60.4 Å². The normalized spacial score (nSPS) is 29.6. The van der Waals surface area contributed by atoms with Crippen molar-refractivity contribution in [3.63, 3.8) is 0 Å². The Hall–Kier alpha value is 0.380. The van der Waals surface area contributed by atoms with E-state index in [2.05, 4.69) is 59.4 Å². The van der Waals surface area contributed by atoms with Gasteiger partial charge in [-0.15, -0.1) is 0 Å². The molecule has 2 aliphatic rings. The van der Waals surface area contributed by atoms with Crippen LogP contribution in [0, 0.1) is 3.57 Å². The van der Waals surface area contributed by atoms with Gasteiger partial charge in [-0.05, 0) is 82.4 Å². The summed E-state index contributed by atoms with van der Waals surface area (Å²) in [7, 11) is 0. The van der Waals surface area contributed by atoms with Crippen LogP contribution in [0.15, 0.2) is 22.7 Å². The lowest BCUT2D eigenvalue weighted by Crippen LogP contribution is -2.47. The van der Waals surface area contributed by atoms with Crippen molar-refractivity contribution in [1.29, 1.82) is 0 Å². The highest BCUT2D eigenvalue weighted by atomic mass is 127. The van der Waals surface area contributed by atoms with Crippen LogP contribution in [0.5, 0.6) is 0 Å². The molecule has 19 heavy (non-hydrogen) atoms. The lowest BCUT2D eigenvalue weighted by Gasteiger charge is -2.37. The lowest BCUT2D eigenvalue weighted by atomic mass is 10.0. The Labute approximate surface area is 143 Å². The number of hydrogen-bond donors (Lipinski definition) is 0. The highest BCUT2D eigenvalue weighted by Crippen LogP contribution is 2.39. The van der Waals surface area contributed by atoms with E-state index in [4.69, 9.17) is 0 Å². The van der Waals surface area contributed by atoms with Crippen LogP contribution in [0.1, 0.15) is 36.0 Å². The second kappa shape index (κ2) is 5.64. The average molecular weight is 499 g/mol. The van der Waals surface area contributed by atoms with Gasteiger partial charge in [0.15, 0.2) is 0 Å². The van der Waals surface area contributed by atoms with Gasteiger partial charge in [-0.25, -0.2) is 0 Å². The molecule has 0 saturated carbocycles. The van der Waals surface area contributed by atoms with Gasteiger partial charge in [0.25, 0.3) is 5.91 Å². The smallest absolute Gasteiger partial charge is 0.255 e. The van der Waals surface area contributed by atoms with E-state index in [0.717, 1.165) is 39.3 Å². The van der Waals surface area contributed by atoms with E-state index >= 15 is 0 Å². The Morgan fingerprint density at radius 1 is 1.26 bits per heavy atom. The average Bonchev–Trinajstić information content (AvgIpc) is 2.64. The molecule has 2 aliphatic heterocycles. The first-order valence-corrected chi connectivity index (χ1v) is 9.27. The third kappa shape index (κ3) is 2.75. The summed E-state index contributed by atoms with van der Waals surface area (Å²) in [6, 6.07) is 6.79. The molecular formula is C14H14Br2INO. The number of fused-ring (bicyclic) bond motifs is 2. The van der Waals surface area contributed by atoms with Crippen molar-refractivity contribution in [3.05, 3.63) is 31.8 Å². The largest absolute Gasteiger partial charge is 0.333 e. The van der Waals surface area contributed by atoms with E-state index in [1.54, 1.807) is 0 Å². The molecule has 2 nitrogen and oxygen atoms in total. The third-order valence-electron chi connectivity index (χ3n) is 4.07. The Kier molecular flexibility index (Phi) is 4.25. The predicted molar refractivity (Wildman–Crippen MR) is 91.8 cm³/mol. The molecule has 2 fully saturated rings. The minimum absolute atomic E-state index is 0.192. The van der Waals surface area contributed by atoms with Crippen molar-refractivity contribution in [2.75, 3.05) is 0 Å². The molecule has 102 valence electrons. The molecule has 0 spiro atoms. The molecule has 1 aromatic rings. The van der Waals surface area contributed by atoms with E-state index in [0.29, 0.717) is 16.9 Å². The van der Waals surface area contributed by atoms with Gasteiger partial charge in [0.2, 0.25) is 0 Å². The first-order chi connectivity index (χ1) is 9.06. The zero-order valence-corrected chi connectivity index (χ0v) is 15.6. The van der Waals surface area contributed by atoms with Crippen LogP contribution < -0.4 is 0 Å². The number of carbonyl (C=O) groups excluding carboxylic acids is 1. The van der Waals surface area contributed by atoms with Gasteiger partial charge in [-0.3, -0.25) is 4.79 Å². The highest BCUT2D eigenvalue weighted by Gasteiger charge is 2.43. The van der Waals surface area contributed by atoms with Crippen LogP contribution in [0.2, 0.25) is 0 Å². The number of alkyl halides is 1. The molecule has 2 unspecified atom stereocenters. The fraction of sp³-hybridized carbons (Fsp3) is 0.500. The lowest BCUT2D eigenvalue weighted by molar-refractivity contribution is 0.0602. The maximum Gasteiger partial charge on any atom is 0.255 e. The van der Waals surface area contributed by atoms with Gasteiger partial charge in [-0.2, -0.15) is 0 Å². The summed E-state index contributed by atoms with van der Waals surface area (Å²) in [5.41, 5.74) is 0.803. The van der Waals surface area contributed by atoms with Gasteiger partial charge in [0, 0.05) is 25.0 Å². The standard InChI is InChI=1S/C14H14Br2INO/c15-8-5-10-2-3-11(6-8)18(10)14(19)12-7-9(17)1-4-13(12)16/h1,4,7-8,10-11H,2-3,5-6H2. The Morgan fingerprint density at radius 3 is 2.53 bits per heavy atom. The molecule has 2 saturated heterocycles. The zero-order valence-electron chi connectivity index (χ0n) is 10.3. The first-order valence-electron chi connectivity index (χ1n) is 6.48. The van der Waals surface area contributed by atoms with Crippen LogP contribution in [-0.4, -0.2) is 27.7 Å². The molecule has 0 N–H and O–H groups in total. The molecule has 2 bridgehead atoms. The van der Waals surface area contributed by atoms with Crippen molar-refractivity contribution in [3.8, 4) is 0 Å². The molecule has 3 rings (SSSR count). The number of carbonyl (C=O) groups is 1. The SMILES string of the molecule is O=C(c1cc(I)ccc1Br)N1C2CCC1CC(Br)C2. The fourth-order valence-corrected chi connectivity index (χ4v) is 5.01. The first kappa shape index (κ1) is 14.3. The maximum atomic E-state index is 12.8. The predicted octanol–water partition coefficient (Wildman–Crippen LogP) is 4.58. The van der Waals surface area contributed by atoms with E-state index in [1.807, 2.05) is 18.2 Å². The van der Waals surface area contributed by atoms with Crippen molar-refractivity contribution in [2.45, 2.75) is 42.6 Å². The Bertz CT molecular complexity index is 508. The van der Waals surface area contributed by atoms with Gasteiger partial charge < -0.3 is 4.90 Å². The monoisotopic (exact) mass is 497 g/mol. The molecule has 0 aliphatic carbocycles. The van der Waals surface area contributed by atoms with Crippen molar-refractivity contribution in [2.24, 2.45) is 0 Å². The molecule has 0 radical (unpaired) electrons. The molecule has 0 aromatic heterocycles. The Balaban J connectivity index is 1.90. The molecular weight excluding hydrogens is 485 g/mol. The van der Waals surface area contributed by atoms with Gasteiger partial charge in [0.05, 0.1) is 5.56 Å². The summed E-state index contributed by atoms with van der Waals surface area (Å²) in [5, 5.41) is 0. The minimum atomic E-state index is 0.192. The minimum Gasteiger partial charge on any atom is -0.333 e. The van der Waals surface area contributed by atoms with Gasteiger partial charge in [-0.1, -0.05) is 15.9 Å². The number of rotatable bonds is 1. The summed E-state index contributed by atoms with van der Waals surface area (Å²) in [6.07, 6.45) is 4.48. The van der Waals surface area contributed by atoms with E-state index in [9.17, 15) is 4.79 Å². The number of nitrogens with zero attached hydrogens (tertiary/aromatic N) is 1. The maximum absolute atomic E-state index is 12.8. The number of amides is 1. The molecule has 2 atom stereocenters. The summed E-state index contributed by atoms with van der Waals surface area (Å²) in [4.78, 5) is 15.5. The molecule has 1 amide bonds. The third-order valence-corrected chi connectivity index (χ3v) is 6.18. The summed E-state index contributed by atoms with van der Waals surface area (Å²) in [6.45, 7) is 0. The van der Waals surface area contributed by atoms with Crippen molar-refractivity contribution in [1.82, 2.24) is 4.90 Å². The second-order valence-corrected chi connectivity index (χ2v) is 8.69. The number of hydrogen-bond acceptors (Lipinski definition) is 1. The Morgan fingerprint density at radius 2 is 1.89 bits per heavy atom. The van der Waals surface area contributed by atoms with E-state index in [1.165, 1.54) is 0 Å².